The van der Waals surface area contributed by atoms with E-state index in [1.54, 1.807) is 30.3 Å². The number of carbonyl (C=O) groups excluding carboxylic acids is 1. The van der Waals surface area contributed by atoms with Crippen molar-refractivity contribution in [2.45, 2.75) is 13.8 Å². The Hall–Kier alpha value is -3.32. The highest BCUT2D eigenvalue weighted by atomic mass is 32.2. The smallest absolute Gasteiger partial charge is 0.248 e. The van der Waals surface area contributed by atoms with Crippen LogP contribution < -0.4 is 10.0 Å². The molecule has 150 valence electrons. The van der Waals surface area contributed by atoms with Crippen molar-refractivity contribution in [2.24, 2.45) is 0 Å². The van der Waals surface area contributed by atoms with E-state index in [4.69, 9.17) is 0 Å². The standard InChI is InChI=1S/C22H23N3O3S/c1-16-15-18(17(2)25(16)19-9-5-4-6-10-19)13-14-22(26)23-20-11-7-8-12-21(20)24-29(3,27)28/h4-15,24H,1-3H3,(H,23,26)/b14-13+. The Balaban J connectivity index is 1.79. The van der Waals surface area contributed by atoms with Gasteiger partial charge in [-0.05, 0) is 55.8 Å². The number of sulfonamides is 1. The number of carbonyl (C=O) groups is 1. The quantitative estimate of drug-likeness (QED) is 0.601. The molecule has 3 aromatic rings. The van der Waals surface area contributed by atoms with Crippen molar-refractivity contribution in [3.63, 3.8) is 0 Å². The molecule has 7 heteroatoms. The van der Waals surface area contributed by atoms with Gasteiger partial charge >= 0.3 is 0 Å². The zero-order chi connectivity index (χ0) is 21.0. The van der Waals surface area contributed by atoms with Crippen LogP contribution in [-0.4, -0.2) is 25.1 Å². The van der Waals surface area contributed by atoms with Gasteiger partial charge in [0.05, 0.1) is 17.6 Å². The lowest BCUT2D eigenvalue weighted by molar-refractivity contribution is -0.111. The first-order chi connectivity index (χ1) is 13.7. The minimum atomic E-state index is -3.45. The third-order valence-electron chi connectivity index (χ3n) is 4.38. The Kier molecular flexibility index (Phi) is 5.89. The predicted octanol–water partition coefficient (Wildman–Crippen LogP) is 4.12. The van der Waals surface area contributed by atoms with Gasteiger partial charge in [0.1, 0.15) is 0 Å². The fourth-order valence-corrected chi connectivity index (χ4v) is 3.73. The molecule has 0 aliphatic heterocycles. The number of nitrogens with one attached hydrogen (secondary N) is 2. The maximum Gasteiger partial charge on any atom is 0.248 e. The lowest BCUT2D eigenvalue weighted by Crippen LogP contribution is -2.14. The molecule has 2 aromatic carbocycles. The summed E-state index contributed by atoms with van der Waals surface area (Å²) in [5.41, 5.74) is 4.80. The molecule has 6 nitrogen and oxygen atoms in total. The van der Waals surface area contributed by atoms with Crippen LogP contribution in [-0.2, 0) is 14.8 Å². The van der Waals surface area contributed by atoms with Crippen molar-refractivity contribution in [3.8, 4) is 5.69 Å². The van der Waals surface area contributed by atoms with Gasteiger partial charge in [-0.15, -0.1) is 0 Å². The van der Waals surface area contributed by atoms with E-state index in [2.05, 4.69) is 14.6 Å². The van der Waals surface area contributed by atoms with Gasteiger partial charge in [-0.25, -0.2) is 8.42 Å². The molecule has 3 rings (SSSR count). The van der Waals surface area contributed by atoms with Crippen LogP contribution >= 0.6 is 0 Å². The zero-order valence-corrected chi connectivity index (χ0v) is 17.3. The highest BCUT2D eigenvalue weighted by Crippen LogP contribution is 2.23. The maximum atomic E-state index is 12.4. The summed E-state index contributed by atoms with van der Waals surface area (Å²) in [6.45, 7) is 4.02. The Morgan fingerprint density at radius 2 is 1.59 bits per heavy atom. The summed E-state index contributed by atoms with van der Waals surface area (Å²) < 4.78 is 27.5. The Labute approximate surface area is 170 Å². The average molecular weight is 410 g/mol. The molecule has 0 saturated carbocycles. The van der Waals surface area contributed by atoms with Gasteiger partial charge in [-0.3, -0.25) is 9.52 Å². The number of hydrogen-bond donors (Lipinski definition) is 2. The molecule has 2 N–H and O–H groups in total. The van der Waals surface area contributed by atoms with Gasteiger partial charge in [-0.1, -0.05) is 30.3 Å². The Bertz CT molecular complexity index is 1160. The van der Waals surface area contributed by atoms with E-state index < -0.39 is 10.0 Å². The first-order valence-electron chi connectivity index (χ1n) is 9.05. The third kappa shape index (κ3) is 5.14. The Morgan fingerprint density at radius 3 is 2.24 bits per heavy atom. The fourth-order valence-electron chi connectivity index (χ4n) is 3.15. The molecule has 0 aliphatic carbocycles. The minimum absolute atomic E-state index is 0.319. The number of aryl methyl sites for hydroxylation is 1. The van der Waals surface area contributed by atoms with Crippen LogP contribution in [0.4, 0.5) is 11.4 Å². The number of anilines is 2. The molecule has 0 radical (unpaired) electrons. The molecule has 1 heterocycles. The highest BCUT2D eigenvalue weighted by Gasteiger charge is 2.10. The first kappa shape index (κ1) is 20.4. The van der Waals surface area contributed by atoms with Gasteiger partial charge in [0.25, 0.3) is 0 Å². The second-order valence-electron chi connectivity index (χ2n) is 6.74. The van der Waals surface area contributed by atoms with Crippen LogP contribution in [0.3, 0.4) is 0 Å². The number of amides is 1. The van der Waals surface area contributed by atoms with E-state index in [9.17, 15) is 13.2 Å². The number of benzene rings is 2. The van der Waals surface area contributed by atoms with Crippen molar-refractivity contribution in [1.29, 1.82) is 0 Å². The molecule has 29 heavy (non-hydrogen) atoms. The van der Waals surface area contributed by atoms with Crippen LogP contribution in [0.25, 0.3) is 11.8 Å². The van der Waals surface area contributed by atoms with Crippen molar-refractivity contribution < 1.29 is 13.2 Å². The van der Waals surface area contributed by atoms with Crippen LogP contribution in [0, 0.1) is 13.8 Å². The Morgan fingerprint density at radius 1 is 0.966 bits per heavy atom. The normalized spacial score (nSPS) is 11.6. The van der Waals surface area contributed by atoms with Crippen molar-refractivity contribution in [3.05, 3.63) is 83.7 Å². The van der Waals surface area contributed by atoms with Crippen molar-refractivity contribution >= 4 is 33.4 Å². The molecule has 0 bridgehead atoms. The van der Waals surface area contributed by atoms with E-state index in [1.807, 2.05) is 50.2 Å². The lowest BCUT2D eigenvalue weighted by atomic mass is 10.2. The van der Waals surface area contributed by atoms with E-state index in [0.717, 1.165) is 28.9 Å². The topological polar surface area (TPSA) is 80.2 Å². The largest absolute Gasteiger partial charge is 0.321 e. The predicted molar refractivity (Wildman–Crippen MR) is 118 cm³/mol. The number of para-hydroxylation sites is 3. The van der Waals surface area contributed by atoms with Crippen molar-refractivity contribution in [2.75, 3.05) is 16.3 Å². The van der Waals surface area contributed by atoms with Crippen LogP contribution in [0.15, 0.2) is 66.7 Å². The average Bonchev–Trinajstić information content (AvgIpc) is 2.94. The number of aromatic nitrogens is 1. The van der Waals surface area contributed by atoms with E-state index in [-0.39, 0.29) is 5.91 Å². The van der Waals surface area contributed by atoms with Gasteiger partial charge in [-0.2, -0.15) is 0 Å². The second kappa shape index (κ2) is 8.36. The SMILES string of the molecule is Cc1cc(/C=C/C(=O)Nc2ccccc2NS(C)(=O)=O)c(C)n1-c1ccccc1. The fraction of sp³-hybridized carbons (Fsp3) is 0.136. The molecule has 0 fully saturated rings. The second-order valence-corrected chi connectivity index (χ2v) is 8.49. The van der Waals surface area contributed by atoms with Crippen LogP contribution in [0.2, 0.25) is 0 Å². The van der Waals surface area contributed by atoms with Crippen molar-refractivity contribution in [1.82, 2.24) is 4.57 Å². The zero-order valence-electron chi connectivity index (χ0n) is 16.5. The molecule has 0 unspecified atom stereocenters. The minimum Gasteiger partial charge on any atom is -0.321 e. The summed E-state index contributed by atoms with van der Waals surface area (Å²) in [6, 6.07) is 18.7. The van der Waals surface area contributed by atoms with Gasteiger partial charge < -0.3 is 9.88 Å². The molecule has 0 spiro atoms. The molecule has 1 aromatic heterocycles. The molecule has 0 atom stereocenters. The van der Waals surface area contributed by atoms with Crippen LogP contribution in [0.1, 0.15) is 17.0 Å². The maximum absolute atomic E-state index is 12.4. The van der Waals surface area contributed by atoms with Gasteiger partial charge in [0, 0.05) is 23.2 Å². The van der Waals surface area contributed by atoms with E-state index in [1.165, 1.54) is 6.08 Å². The summed E-state index contributed by atoms with van der Waals surface area (Å²) >= 11 is 0. The van der Waals surface area contributed by atoms with E-state index >= 15 is 0 Å². The highest BCUT2D eigenvalue weighted by molar-refractivity contribution is 7.92. The van der Waals surface area contributed by atoms with Gasteiger partial charge in [0.15, 0.2) is 0 Å². The van der Waals surface area contributed by atoms with Gasteiger partial charge in [0.2, 0.25) is 15.9 Å². The monoisotopic (exact) mass is 409 g/mol. The molecular formula is C22H23N3O3S. The first-order valence-corrected chi connectivity index (χ1v) is 10.9. The summed E-state index contributed by atoms with van der Waals surface area (Å²) in [6.07, 6.45) is 4.26. The van der Waals surface area contributed by atoms with Crippen LogP contribution in [0.5, 0.6) is 0 Å². The molecule has 1 amide bonds. The summed E-state index contributed by atoms with van der Waals surface area (Å²) in [5, 5.41) is 2.72. The number of rotatable bonds is 6. The molecule has 0 saturated heterocycles. The third-order valence-corrected chi connectivity index (χ3v) is 4.97. The number of nitrogens with zero attached hydrogens (tertiary/aromatic N) is 1. The van der Waals surface area contributed by atoms with E-state index in [0.29, 0.717) is 11.4 Å². The summed E-state index contributed by atoms with van der Waals surface area (Å²) in [5.74, 6) is -0.350. The number of hydrogen-bond acceptors (Lipinski definition) is 3. The molecular weight excluding hydrogens is 386 g/mol. The summed E-state index contributed by atoms with van der Waals surface area (Å²) in [7, 11) is -3.45. The molecule has 0 aliphatic rings. The summed E-state index contributed by atoms with van der Waals surface area (Å²) in [4.78, 5) is 12.4. The lowest BCUT2D eigenvalue weighted by Gasteiger charge is -2.10.